The lowest BCUT2D eigenvalue weighted by molar-refractivity contribution is 0.235. The Morgan fingerprint density at radius 2 is 2.08 bits per heavy atom. The Balaban J connectivity index is 1.28. The molecule has 1 aliphatic carbocycles. The van der Waals surface area contributed by atoms with Crippen LogP contribution in [0.4, 0.5) is 10.6 Å². The van der Waals surface area contributed by atoms with Crippen LogP contribution in [0.3, 0.4) is 0 Å². The van der Waals surface area contributed by atoms with E-state index in [9.17, 15) is 4.79 Å². The Kier molecular flexibility index (Phi) is 5.39. The number of nitrogens with zero attached hydrogens (tertiary/aromatic N) is 2. The number of thiophene rings is 1. The first kappa shape index (κ1) is 17.3. The summed E-state index contributed by atoms with van der Waals surface area (Å²) in [4.78, 5) is 20.6. The van der Waals surface area contributed by atoms with E-state index in [0.29, 0.717) is 6.54 Å². The molecule has 1 unspecified atom stereocenters. The smallest absolute Gasteiger partial charge is 0.315 e. The summed E-state index contributed by atoms with van der Waals surface area (Å²) in [5.74, 6) is 1.05. The van der Waals surface area contributed by atoms with Gasteiger partial charge in [-0.05, 0) is 67.2 Å². The number of anilines is 1. The van der Waals surface area contributed by atoms with Crippen molar-refractivity contribution in [3.05, 3.63) is 45.8 Å². The highest BCUT2D eigenvalue weighted by molar-refractivity contribution is 7.10. The molecule has 1 fully saturated rings. The number of pyridine rings is 1. The summed E-state index contributed by atoms with van der Waals surface area (Å²) in [6.45, 7) is 2.69. The van der Waals surface area contributed by atoms with Gasteiger partial charge >= 0.3 is 6.03 Å². The summed E-state index contributed by atoms with van der Waals surface area (Å²) < 4.78 is 0. The van der Waals surface area contributed by atoms with Crippen molar-refractivity contribution in [2.75, 3.05) is 18.0 Å². The van der Waals surface area contributed by atoms with Crippen molar-refractivity contribution in [3.8, 4) is 0 Å². The number of fused-ring (bicyclic) bond motifs is 1. The average Bonchev–Trinajstić information content (AvgIpc) is 3.17. The highest BCUT2D eigenvalue weighted by Crippen LogP contribution is 2.33. The summed E-state index contributed by atoms with van der Waals surface area (Å²) in [7, 11) is 0. The van der Waals surface area contributed by atoms with E-state index >= 15 is 0 Å². The first-order valence-corrected chi connectivity index (χ1v) is 10.5. The largest absolute Gasteiger partial charge is 0.357 e. The second-order valence-corrected chi connectivity index (χ2v) is 8.14. The number of urea groups is 1. The number of hydrogen-bond donors (Lipinski definition) is 2. The van der Waals surface area contributed by atoms with E-state index < -0.39 is 0 Å². The SMILES string of the molecule is O=C(NCc1ccc(N2CCCCC2)nc1)NC1CCCc2sccc21. The van der Waals surface area contributed by atoms with Gasteiger partial charge in [-0.2, -0.15) is 0 Å². The molecule has 6 heteroatoms. The third kappa shape index (κ3) is 4.01. The zero-order chi connectivity index (χ0) is 17.8. The number of piperidine rings is 1. The lowest BCUT2D eigenvalue weighted by atomic mass is 9.94. The van der Waals surface area contributed by atoms with Gasteiger partial charge in [0.1, 0.15) is 5.82 Å². The van der Waals surface area contributed by atoms with Gasteiger partial charge in [-0.15, -0.1) is 11.3 Å². The molecule has 0 saturated carbocycles. The number of carbonyl (C=O) groups is 1. The average molecular weight is 371 g/mol. The van der Waals surface area contributed by atoms with Gasteiger partial charge in [0.05, 0.1) is 6.04 Å². The third-order valence-electron chi connectivity index (χ3n) is 5.30. The van der Waals surface area contributed by atoms with Crippen molar-refractivity contribution < 1.29 is 4.79 Å². The predicted octanol–water partition coefficient (Wildman–Crippen LogP) is 4.01. The van der Waals surface area contributed by atoms with Crippen LogP contribution < -0.4 is 15.5 Å². The molecule has 2 amide bonds. The van der Waals surface area contributed by atoms with E-state index in [1.165, 1.54) is 29.7 Å². The molecule has 138 valence electrons. The van der Waals surface area contributed by atoms with Gasteiger partial charge in [-0.1, -0.05) is 6.07 Å². The summed E-state index contributed by atoms with van der Waals surface area (Å²) in [6, 6.07) is 6.32. The molecule has 26 heavy (non-hydrogen) atoms. The Hall–Kier alpha value is -2.08. The van der Waals surface area contributed by atoms with Crippen molar-refractivity contribution in [2.24, 2.45) is 0 Å². The van der Waals surface area contributed by atoms with Crippen LogP contribution in [0.25, 0.3) is 0 Å². The number of nitrogens with one attached hydrogen (secondary N) is 2. The minimum atomic E-state index is -0.103. The molecule has 1 saturated heterocycles. The van der Waals surface area contributed by atoms with Crippen LogP contribution in [0.1, 0.15) is 54.1 Å². The quantitative estimate of drug-likeness (QED) is 0.855. The summed E-state index contributed by atoms with van der Waals surface area (Å²) in [6.07, 6.45) is 8.99. The minimum Gasteiger partial charge on any atom is -0.357 e. The fourth-order valence-corrected chi connectivity index (χ4v) is 4.85. The Morgan fingerprint density at radius 3 is 2.88 bits per heavy atom. The summed E-state index contributed by atoms with van der Waals surface area (Å²) in [5, 5.41) is 8.21. The number of hydrogen-bond acceptors (Lipinski definition) is 4. The highest BCUT2D eigenvalue weighted by Gasteiger charge is 2.22. The third-order valence-corrected chi connectivity index (χ3v) is 6.30. The molecule has 1 aliphatic heterocycles. The lowest BCUT2D eigenvalue weighted by Crippen LogP contribution is -2.38. The molecule has 4 rings (SSSR count). The molecule has 2 N–H and O–H groups in total. The number of rotatable bonds is 4. The van der Waals surface area contributed by atoms with Crippen molar-refractivity contribution in [1.29, 1.82) is 0 Å². The van der Waals surface area contributed by atoms with Gasteiger partial charge < -0.3 is 15.5 Å². The summed E-state index contributed by atoms with van der Waals surface area (Å²) >= 11 is 1.80. The molecule has 2 aliphatic rings. The van der Waals surface area contributed by atoms with E-state index in [-0.39, 0.29) is 12.1 Å². The maximum Gasteiger partial charge on any atom is 0.315 e. The molecule has 5 nitrogen and oxygen atoms in total. The van der Waals surface area contributed by atoms with Crippen LogP contribution >= 0.6 is 11.3 Å². The number of aryl methyl sites for hydroxylation is 1. The van der Waals surface area contributed by atoms with Crippen LogP contribution in [0.15, 0.2) is 29.8 Å². The van der Waals surface area contributed by atoms with Gasteiger partial charge in [0, 0.05) is 30.7 Å². The maximum absolute atomic E-state index is 12.3. The van der Waals surface area contributed by atoms with Gasteiger partial charge in [0.25, 0.3) is 0 Å². The molecule has 2 aromatic rings. The minimum absolute atomic E-state index is 0.103. The van der Waals surface area contributed by atoms with E-state index in [1.54, 1.807) is 11.3 Å². The predicted molar refractivity (Wildman–Crippen MR) is 106 cm³/mol. The van der Waals surface area contributed by atoms with E-state index in [1.807, 2.05) is 6.20 Å². The second-order valence-electron chi connectivity index (χ2n) is 7.14. The number of aromatic nitrogens is 1. The van der Waals surface area contributed by atoms with Crippen LogP contribution in [0, 0.1) is 0 Å². The first-order valence-electron chi connectivity index (χ1n) is 9.60. The van der Waals surface area contributed by atoms with Crippen LogP contribution in [0.5, 0.6) is 0 Å². The second kappa shape index (κ2) is 8.08. The molecule has 2 aromatic heterocycles. The molecule has 0 aromatic carbocycles. The van der Waals surface area contributed by atoms with E-state index in [0.717, 1.165) is 43.7 Å². The molecule has 0 radical (unpaired) electrons. The topological polar surface area (TPSA) is 57.3 Å². The molecule has 1 atom stereocenters. The van der Waals surface area contributed by atoms with Crippen LogP contribution in [0.2, 0.25) is 0 Å². The fourth-order valence-electron chi connectivity index (χ4n) is 3.86. The fraction of sp³-hybridized carbons (Fsp3) is 0.500. The zero-order valence-corrected chi connectivity index (χ0v) is 15.9. The van der Waals surface area contributed by atoms with Crippen molar-refractivity contribution in [3.63, 3.8) is 0 Å². The number of carbonyl (C=O) groups excluding carboxylic acids is 1. The Bertz CT molecular complexity index is 737. The number of amides is 2. The maximum atomic E-state index is 12.3. The molecular formula is C20H26N4OS. The Labute approximate surface area is 158 Å². The van der Waals surface area contributed by atoms with Gasteiger partial charge in [0.15, 0.2) is 0 Å². The van der Waals surface area contributed by atoms with Gasteiger partial charge in [0.2, 0.25) is 0 Å². The van der Waals surface area contributed by atoms with Crippen molar-refractivity contribution >= 4 is 23.2 Å². The first-order chi connectivity index (χ1) is 12.8. The lowest BCUT2D eigenvalue weighted by Gasteiger charge is -2.27. The monoisotopic (exact) mass is 370 g/mol. The van der Waals surface area contributed by atoms with Crippen molar-refractivity contribution in [1.82, 2.24) is 15.6 Å². The van der Waals surface area contributed by atoms with Gasteiger partial charge in [-0.25, -0.2) is 9.78 Å². The van der Waals surface area contributed by atoms with Crippen molar-refractivity contribution in [2.45, 2.75) is 51.1 Å². The molecule has 0 bridgehead atoms. The normalized spacial score (nSPS) is 19.7. The van der Waals surface area contributed by atoms with E-state index in [2.05, 4.69) is 44.1 Å². The summed E-state index contributed by atoms with van der Waals surface area (Å²) in [5.41, 5.74) is 2.32. The Morgan fingerprint density at radius 1 is 1.19 bits per heavy atom. The molecule has 3 heterocycles. The molecular weight excluding hydrogens is 344 g/mol. The van der Waals surface area contributed by atoms with Crippen LogP contribution in [-0.2, 0) is 13.0 Å². The van der Waals surface area contributed by atoms with E-state index in [4.69, 9.17) is 0 Å². The highest BCUT2D eigenvalue weighted by atomic mass is 32.1. The standard InChI is InChI=1S/C20H26N4OS/c25-20(23-17-5-4-6-18-16(17)9-12-26-18)22-14-15-7-8-19(21-13-15)24-10-2-1-3-11-24/h7-9,12-13,17H,1-6,10-11,14H2,(H2,22,23,25). The van der Waals surface area contributed by atoms with Crippen LogP contribution in [-0.4, -0.2) is 24.1 Å². The zero-order valence-electron chi connectivity index (χ0n) is 15.0. The molecule has 0 spiro atoms. The van der Waals surface area contributed by atoms with Gasteiger partial charge in [-0.3, -0.25) is 0 Å².